The number of imide groups is 1. The number of sulfonamides is 1. The standard InChI is InChI=1S/C42H44N4O9S2/c1-26(47)46(22-4-2-3-21-45-36(48)15-16-37(45)49)56(50,51)35-25-29(57(52,53)54)13-14-30(35)38-33-23-27-9-5-17-43-19-7-11-31(39(27)43)41(33)55-42-32-12-8-20-44-18-6-10-28(40(32)44)24-34(38)42/h13-16,23-25H,2-12,17-22H2,1H3. The van der Waals surface area contributed by atoms with Crippen molar-refractivity contribution >= 4 is 49.1 Å². The van der Waals surface area contributed by atoms with Crippen LogP contribution >= 0.6 is 0 Å². The molecule has 0 bridgehead atoms. The van der Waals surface area contributed by atoms with Crippen molar-refractivity contribution in [2.24, 2.45) is 0 Å². The van der Waals surface area contributed by atoms with Gasteiger partial charge in [0.15, 0.2) is 0 Å². The number of nitrogens with zero attached hydrogens (tertiary/aromatic N) is 4. The topological polar surface area (TPSA) is 165 Å². The Kier molecular flexibility index (Phi) is 9.39. The van der Waals surface area contributed by atoms with Crippen LogP contribution in [0.5, 0.6) is 11.5 Å². The number of carbonyl (C=O) groups excluding carboxylic acids is 3. The Morgan fingerprint density at radius 1 is 0.825 bits per heavy atom. The summed E-state index contributed by atoms with van der Waals surface area (Å²) in [6.45, 7) is 4.82. The molecule has 0 atom stereocenters. The minimum atomic E-state index is -5.11. The lowest BCUT2D eigenvalue weighted by atomic mass is 9.82. The predicted molar refractivity (Wildman–Crippen MR) is 209 cm³/mol. The van der Waals surface area contributed by atoms with E-state index in [-0.39, 0.29) is 25.1 Å². The van der Waals surface area contributed by atoms with Gasteiger partial charge >= 0.3 is 0 Å². The van der Waals surface area contributed by atoms with Crippen LogP contribution in [0.4, 0.5) is 5.69 Å². The normalized spacial score (nSPS) is 18.2. The summed E-state index contributed by atoms with van der Waals surface area (Å²) in [5.41, 5.74) is 7.09. The number of carbonyl (C=O) groups is 3. The second-order valence-electron chi connectivity index (χ2n) is 15.8. The molecule has 0 unspecified atom stereocenters. The van der Waals surface area contributed by atoms with Crippen molar-refractivity contribution in [3.05, 3.63) is 86.4 Å². The lowest BCUT2D eigenvalue weighted by Crippen LogP contribution is -2.45. The predicted octanol–water partition coefficient (Wildman–Crippen LogP) is 2.66. The summed E-state index contributed by atoms with van der Waals surface area (Å²) in [6.07, 6.45) is 10.4. The maximum absolute atomic E-state index is 15.0. The van der Waals surface area contributed by atoms with Gasteiger partial charge in [0.25, 0.3) is 21.8 Å². The quantitative estimate of drug-likeness (QED) is 0.101. The number of rotatable bonds is 10. The van der Waals surface area contributed by atoms with Crippen molar-refractivity contribution in [2.75, 3.05) is 44.2 Å². The van der Waals surface area contributed by atoms with Crippen molar-refractivity contribution in [3.63, 3.8) is 0 Å². The first-order chi connectivity index (χ1) is 27.3. The number of hydrogen-bond acceptors (Lipinski definition) is 10. The molecule has 57 heavy (non-hydrogen) atoms. The molecule has 0 saturated heterocycles. The van der Waals surface area contributed by atoms with Gasteiger partial charge in [-0.05, 0) is 87.6 Å². The minimum absolute atomic E-state index is 0.150. The Labute approximate surface area is 331 Å². The van der Waals surface area contributed by atoms with Crippen molar-refractivity contribution < 1.29 is 40.5 Å². The van der Waals surface area contributed by atoms with Crippen LogP contribution in [-0.2, 0) is 60.2 Å². The molecule has 6 heterocycles. The lowest BCUT2D eigenvalue weighted by Gasteiger charge is -2.39. The highest BCUT2D eigenvalue weighted by molar-refractivity contribution is 7.90. The van der Waals surface area contributed by atoms with E-state index in [2.05, 4.69) is 21.6 Å². The zero-order valence-corrected chi connectivity index (χ0v) is 33.5. The van der Waals surface area contributed by atoms with E-state index in [9.17, 15) is 35.8 Å². The molecule has 9 rings (SSSR count). The summed E-state index contributed by atoms with van der Waals surface area (Å²) in [7, 11) is -9.89. The van der Waals surface area contributed by atoms with Gasteiger partial charge in [-0.1, -0.05) is 6.07 Å². The fraction of sp³-hybridized carbons (Fsp3) is 0.429. The second kappa shape index (κ2) is 14.2. The van der Waals surface area contributed by atoms with Crippen LogP contribution in [0.15, 0.2) is 52.3 Å². The largest absolute Gasteiger partial charge is 0.744 e. The first-order valence-corrected chi connectivity index (χ1v) is 22.8. The number of fused-ring (bicyclic) bond motifs is 4. The van der Waals surface area contributed by atoms with E-state index in [0.717, 1.165) is 128 Å². The van der Waals surface area contributed by atoms with Crippen LogP contribution in [0.25, 0.3) is 5.57 Å². The fourth-order valence-electron chi connectivity index (χ4n) is 9.80. The van der Waals surface area contributed by atoms with Crippen molar-refractivity contribution in [1.29, 1.82) is 0 Å². The van der Waals surface area contributed by atoms with Gasteiger partial charge in [0.2, 0.25) is 11.3 Å². The number of ether oxygens (including phenoxy) is 1. The molecule has 6 aliphatic rings. The monoisotopic (exact) mass is 812 g/mol. The van der Waals surface area contributed by atoms with Gasteiger partial charge < -0.3 is 14.2 Å². The third-order valence-electron chi connectivity index (χ3n) is 12.3. The van der Waals surface area contributed by atoms with Crippen LogP contribution in [-0.4, -0.2) is 87.6 Å². The highest BCUT2D eigenvalue weighted by Crippen LogP contribution is 2.49. The molecule has 3 amide bonds. The molecule has 13 nitrogen and oxygen atoms in total. The van der Waals surface area contributed by atoms with Crippen LogP contribution in [0, 0.1) is 0 Å². The van der Waals surface area contributed by atoms with Gasteiger partial charge in [0.1, 0.15) is 34.7 Å². The van der Waals surface area contributed by atoms with Gasteiger partial charge in [-0.15, -0.1) is 0 Å². The summed E-state index contributed by atoms with van der Waals surface area (Å²) in [5.74, 6) is -0.257. The Morgan fingerprint density at radius 3 is 2.26 bits per heavy atom. The Balaban J connectivity index is 1.23. The average Bonchev–Trinajstić information content (AvgIpc) is 3.51. The molecule has 0 fully saturated rings. The number of amides is 3. The smallest absolute Gasteiger partial charge is 0.267 e. The van der Waals surface area contributed by atoms with Crippen molar-refractivity contribution in [3.8, 4) is 11.5 Å². The van der Waals surface area contributed by atoms with Crippen molar-refractivity contribution in [2.45, 2.75) is 87.3 Å². The van der Waals surface area contributed by atoms with Crippen LogP contribution in [0.1, 0.15) is 85.3 Å². The first kappa shape index (κ1) is 37.7. The summed E-state index contributed by atoms with van der Waals surface area (Å²) in [6, 6.07) is 7.66. The molecule has 15 heteroatoms. The van der Waals surface area contributed by atoms with Gasteiger partial charge in [0, 0.05) is 96.8 Å². The summed E-state index contributed by atoms with van der Waals surface area (Å²) >= 11 is 0. The first-order valence-electron chi connectivity index (χ1n) is 19.9. The molecule has 0 saturated carbocycles. The maximum Gasteiger partial charge on any atom is 0.267 e. The van der Waals surface area contributed by atoms with E-state index >= 15 is 0 Å². The van der Waals surface area contributed by atoms with Gasteiger partial charge in [-0.2, -0.15) is 0 Å². The molecule has 6 aliphatic heterocycles. The molecule has 0 radical (unpaired) electrons. The van der Waals surface area contributed by atoms with Crippen LogP contribution in [0.3, 0.4) is 0 Å². The second-order valence-corrected chi connectivity index (χ2v) is 19.0. The van der Waals surface area contributed by atoms with E-state index in [4.69, 9.17) is 4.74 Å². The molecular formula is C42H44N4O9S2. The highest BCUT2D eigenvalue weighted by atomic mass is 32.2. The Morgan fingerprint density at radius 2 is 1.53 bits per heavy atom. The molecule has 0 aromatic heterocycles. The lowest BCUT2D eigenvalue weighted by molar-refractivity contribution is -0.136. The third-order valence-corrected chi connectivity index (χ3v) is 15.0. The van der Waals surface area contributed by atoms with E-state index in [1.807, 2.05) is 0 Å². The molecule has 0 aliphatic carbocycles. The van der Waals surface area contributed by atoms with Crippen molar-refractivity contribution in [1.82, 2.24) is 13.8 Å². The SMILES string of the molecule is CC(=O)N(CCCCCN1C(=O)C=CC1=O)S(=O)(=O)c1cc(S(=O)(=O)[O-])ccc1C1=c2cc3c4c(c2Oc2c1cc1c5c2CCCN5CCC1)CCC[N+]=4CCC3. The molecular weight excluding hydrogens is 769 g/mol. The van der Waals surface area contributed by atoms with E-state index in [1.54, 1.807) is 0 Å². The highest BCUT2D eigenvalue weighted by Gasteiger charge is 2.38. The number of anilines is 1. The van der Waals surface area contributed by atoms with Crippen LogP contribution in [0.2, 0.25) is 0 Å². The summed E-state index contributed by atoms with van der Waals surface area (Å²) < 4.78 is 77.8. The third kappa shape index (κ3) is 6.38. The summed E-state index contributed by atoms with van der Waals surface area (Å²) in [5, 5.41) is 1.89. The van der Waals surface area contributed by atoms with Gasteiger partial charge in [0.05, 0.1) is 15.4 Å². The molecule has 3 aromatic carbocycles. The van der Waals surface area contributed by atoms with E-state index in [0.29, 0.717) is 40.7 Å². The van der Waals surface area contributed by atoms with Crippen LogP contribution < -0.4 is 24.8 Å². The molecule has 298 valence electrons. The number of benzene rings is 3. The molecule has 0 spiro atoms. The Bertz CT molecular complexity index is 2660. The number of unbranched alkanes of at least 4 members (excludes halogenated alkanes) is 2. The number of hydrogen-bond donors (Lipinski definition) is 0. The Hall–Kier alpha value is -4.86. The zero-order valence-electron chi connectivity index (χ0n) is 31.8. The van der Waals surface area contributed by atoms with E-state index in [1.165, 1.54) is 29.3 Å². The minimum Gasteiger partial charge on any atom is -0.744 e. The zero-order chi connectivity index (χ0) is 39.8. The van der Waals surface area contributed by atoms with Gasteiger partial charge in [-0.25, -0.2) is 25.7 Å². The average molecular weight is 813 g/mol. The fourth-order valence-corrected chi connectivity index (χ4v) is 12.0. The molecule has 3 aromatic rings. The van der Waals surface area contributed by atoms with E-state index < -0.39 is 47.7 Å². The van der Waals surface area contributed by atoms with Gasteiger partial charge in [-0.3, -0.25) is 19.3 Å². The summed E-state index contributed by atoms with van der Waals surface area (Å²) in [4.78, 5) is 39.6. The maximum atomic E-state index is 15.0. The number of aryl methyl sites for hydroxylation is 2. The molecule has 0 N–H and O–H groups in total.